The van der Waals surface area contributed by atoms with E-state index in [9.17, 15) is 17.6 Å². The highest BCUT2D eigenvalue weighted by Crippen LogP contribution is 2.22. The number of aliphatic carboxylic acids is 1. The van der Waals surface area contributed by atoms with Crippen molar-refractivity contribution in [3.8, 4) is 5.75 Å². The zero-order chi connectivity index (χ0) is 14.0. The van der Waals surface area contributed by atoms with Crippen molar-refractivity contribution >= 4 is 22.2 Å². The van der Waals surface area contributed by atoms with Gasteiger partial charge in [-0.3, -0.25) is 0 Å². The Morgan fingerprint density at radius 1 is 1.37 bits per heavy atom. The summed E-state index contributed by atoms with van der Waals surface area (Å²) in [6.07, 6.45) is 0.889. The molecule has 1 N–H and O–H groups in total. The molecule has 6 nitrogen and oxygen atoms in total. The van der Waals surface area contributed by atoms with Crippen LogP contribution in [0.25, 0.3) is 0 Å². The van der Waals surface area contributed by atoms with Crippen molar-refractivity contribution in [3.63, 3.8) is 0 Å². The Balaban J connectivity index is 2.24. The number of carboxylic acids is 1. The third-order valence-electron chi connectivity index (χ3n) is 2.31. The van der Waals surface area contributed by atoms with Crippen LogP contribution < -0.4 is 4.74 Å². The van der Waals surface area contributed by atoms with E-state index in [1.165, 1.54) is 24.3 Å². The molecule has 0 radical (unpaired) electrons. The monoisotopic (exact) mass is 285 g/mol. The number of hydrogen-bond donors (Lipinski definition) is 1. The molecule has 0 bridgehead atoms. The largest absolute Gasteiger partial charge is 0.486 e. The molecule has 0 unspecified atom stereocenters. The predicted octanol–water partition coefficient (Wildman–Crippen LogP) is 0.957. The summed E-state index contributed by atoms with van der Waals surface area (Å²) in [6, 6.07) is 5.51. The van der Waals surface area contributed by atoms with Crippen molar-refractivity contribution in [2.75, 3.05) is 6.61 Å². The maximum atomic E-state index is 13.3. The molecule has 1 aliphatic rings. The summed E-state index contributed by atoms with van der Waals surface area (Å²) in [7, 11) is -4.17. The third-order valence-corrected chi connectivity index (χ3v) is 3.65. The van der Waals surface area contributed by atoms with Crippen LogP contribution in [0.1, 0.15) is 0 Å². The second-order valence-corrected chi connectivity index (χ2v) is 5.16. The Morgan fingerprint density at radius 3 is 2.68 bits per heavy atom. The number of sulfonamides is 1. The van der Waals surface area contributed by atoms with Gasteiger partial charge in [0, 0.05) is 11.8 Å². The first-order valence-electron chi connectivity index (χ1n) is 5.06. The minimum absolute atomic E-state index is 0.0996. The van der Waals surface area contributed by atoms with Gasteiger partial charge in [-0.1, -0.05) is 12.1 Å². The summed E-state index contributed by atoms with van der Waals surface area (Å²) in [5.74, 6) is -2.35. The average molecular weight is 285 g/mol. The van der Waals surface area contributed by atoms with E-state index in [2.05, 4.69) is 4.40 Å². The predicted molar refractivity (Wildman–Crippen MR) is 64.0 cm³/mol. The second-order valence-electron chi connectivity index (χ2n) is 3.59. The lowest BCUT2D eigenvalue weighted by Crippen LogP contribution is -2.13. The van der Waals surface area contributed by atoms with Gasteiger partial charge in [-0.25, -0.2) is 9.18 Å². The Labute approximate surface area is 107 Å². The molecule has 0 fully saturated rings. The van der Waals surface area contributed by atoms with E-state index < -0.39 is 33.3 Å². The van der Waals surface area contributed by atoms with E-state index in [0.29, 0.717) is 0 Å². The number of benzene rings is 1. The molecule has 0 atom stereocenters. The standard InChI is InChI=1S/C11H8FNO5S/c12-8-3-1-2-4-9(8)18-6-7-5-13-19(16,17)10(7)11(14)15/h1-5H,6H2,(H,14,15). The van der Waals surface area contributed by atoms with E-state index in [1.807, 2.05) is 0 Å². The van der Waals surface area contributed by atoms with E-state index in [4.69, 9.17) is 9.84 Å². The fourth-order valence-corrected chi connectivity index (χ4v) is 2.51. The molecule has 1 heterocycles. The van der Waals surface area contributed by atoms with Gasteiger partial charge < -0.3 is 9.84 Å². The zero-order valence-corrected chi connectivity index (χ0v) is 10.2. The van der Waals surface area contributed by atoms with Gasteiger partial charge in [-0.2, -0.15) is 12.8 Å². The average Bonchev–Trinajstić information content (AvgIpc) is 2.63. The minimum atomic E-state index is -4.17. The summed E-state index contributed by atoms with van der Waals surface area (Å²) in [5.41, 5.74) is -0.129. The molecule has 0 saturated carbocycles. The Morgan fingerprint density at radius 2 is 2.05 bits per heavy atom. The van der Waals surface area contributed by atoms with Crippen molar-refractivity contribution in [1.82, 2.24) is 0 Å². The van der Waals surface area contributed by atoms with Gasteiger partial charge >= 0.3 is 5.97 Å². The summed E-state index contributed by atoms with van der Waals surface area (Å²) in [5, 5.41) is 8.82. The Bertz CT molecular complexity index is 693. The molecule has 100 valence electrons. The fraction of sp³-hybridized carbons (Fsp3) is 0.0909. The normalized spacial score (nSPS) is 16.7. The molecule has 8 heteroatoms. The van der Waals surface area contributed by atoms with Gasteiger partial charge in [0.05, 0.1) is 0 Å². The summed E-state index contributed by atoms with van der Waals surface area (Å²) < 4.78 is 44.1. The van der Waals surface area contributed by atoms with E-state index in [-0.39, 0.29) is 11.3 Å². The second kappa shape index (κ2) is 4.81. The van der Waals surface area contributed by atoms with Crippen LogP contribution in [0.2, 0.25) is 0 Å². The molecule has 0 amide bonds. The molecule has 0 aromatic heterocycles. The number of para-hydroxylation sites is 1. The van der Waals surface area contributed by atoms with Crippen molar-refractivity contribution < 1.29 is 27.4 Å². The number of nitrogens with zero attached hydrogens (tertiary/aromatic N) is 1. The number of ether oxygens (including phenoxy) is 1. The molecule has 0 spiro atoms. The Kier molecular flexibility index (Phi) is 3.34. The first-order valence-corrected chi connectivity index (χ1v) is 6.50. The number of hydrogen-bond acceptors (Lipinski definition) is 4. The molecular weight excluding hydrogens is 277 g/mol. The minimum Gasteiger partial charge on any atom is -0.486 e. The summed E-state index contributed by atoms with van der Waals surface area (Å²) in [6.45, 7) is -0.398. The van der Waals surface area contributed by atoms with E-state index in [1.54, 1.807) is 0 Å². The highest BCUT2D eigenvalue weighted by atomic mass is 32.2. The van der Waals surface area contributed by atoms with Crippen LogP contribution in [0.4, 0.5) is 4.39 Å². The lowest BCUT2D eigenvalue weighted by Gasteiger charge is -2.06. The lowest BCUT2D eigenvalue weighted by atomic mass is 10.3. The molecule has 2 rings (SSSR count). The molecule has 1 aliphatic heterocycles. The van der Waals surface area contributed by atoms with Crippen LogP contribution in [-0.2, 0) is 14.8 Å². The van der Waals surface area contributed by atoms with Crippen molar-refractivity contribution in [1.29, 1.82) is 0 Å². The molecule has 1 aromatic carbocycles. The molecule has 1 aromatic rings. The van der Waals surface area contributed by atoms with Gasteiger partial charge in [0.25, 0.3) is 10.0 Å². The van der Waals surface area contributed by atoms with Crippen LogP contribution in [-0.4, -0.2) is 32.3 Å². The topological polar surface area (TPSA) is 93.0 Å². The van der Waals surface area contributed by atoms with Gasteiger partial charge in [-0.05, 0) is 12.1 Å². The zero-order valence-electron chi connectivity index (χ0n) is 9.41. The smallest absolute Gasteiger partial charge is 0.349 e. The highest BCUT2D eigenvalue weighted by molar-refractivity contribution is 7.95. The van der Waals surface area contributed by atoms with Crippen LogP contribution in [0, 0.1) is 5.82 Å². The van der Waals surface area contributed by atoms with E-state index >= 15 is 0 Å². The number of carbonyl (C=O) groups is 1. The Hall–Kier alpha value is -2.22. The van der Waals surface area contributed by atoms with Gasteiger partial charge in [0.2, 0.25) is 0 Å². The van der Waals surface area contributed by atoms with Crippen LogP contribution in [0.15, 0.2) is 39.1 Å². The highest BCUT2D eigenvalue weighted by Gasteiger charge is 2.32. The van der Waals surface area contributed by atoms with Gasteiger partial charge in [0.1, 0.15) is 6.61 Å². The summed E-state index contributed by atoms with van der Waals surface area (Å²) in [4.78, 5) is 10.0. The number of rotatable bonds is 4. The summed E-state index contributed by atoms with van der Waals surface area (Å²) >= 11 is 0. The van der Waals surface area contributed by atoms with Crippen LogP contribution in [0.3, 0.4) is 0 Å². The van der Waals surface area contributed by atoms with Gasteiger partial charge in [-0.15, -0.1) is 0 Å². The molecule has 0 aliphatic carbocycles. The van der Waals surface area contributed by atoms with Crippen molar-refractivity contribution in [2.45, 2.75) is 0 Å². The number of halogens is 1. The maximum Gasteiger partial charge on any atom is 0.349 e. The SMILES string of the molecule is O=C(O)C1=C(COc2ccccc2F)C=NS1(=O)=O. The number of carboxylic acid groups (broad SMARTS) is 1. The van der Waals surface area contributed by atoms with Gasteiger partial charge in [0.15, 0.2) is 16.5 Å². The maximum absolute atomic E-state index is 13.3. The fourth-order valence-electron chi connectivity index (χ4n) is 1.48. The lowest BCUT2D eigenvalue weighted by molar-refractivity contribution is -0.131. The first kappa shape index (κ1) is 13.2. The molecular formula is C11H8FNO5S. The first-order chi connectivity index (χ1) is 8.92. The van der Waals surface area contributed by atoms with Crippen LogP contribution >= 0.6 is 0 Å². The van der Waals surface area contributed by atoms with Crippen LogP contribution in [0.5, 0.6) is 5.75 Å². The van der Waals surface area contributed by atoms with Crippen molar-refractivity contribution in [2.24, 2.45) is 4.40 Å². The third kappa shape index (κ3) is 2.63. The van der Waals surface area contributed by atoms with E-state index in [0.717, 1.165) is 6.21 Å². The van der Waals surface area contributed by atoms with Crippen molar-refractivity contribution in [3.05, 3.63) is 40.6 Å². The molecule has 19 heavy (non-hydrogen) atoms. The quantitative estimate of drug-likeness (QED) is 0.889. The molecule has 0 saturated heterocycles.